The summed E-state index contributed by atoms with van der Waals surface area (Å²) in [6, 6.07) is 23.5. The van der Waals surface area contributed by atoms with Gasteiger partial charge in [0.1, 0.15) is 5.75 Å². The van der Waals surface area contributed by atoms with Gasteiger partial charge in [0, 0.05) is 19.6 Å². The molecule has 1 aliphatic heterocycles. The number of nitrogens with zero attached hydrogens (tertiary/aromatic N) is 1. The number of sulfonamides is 1. The highest BCUT2D eigenvalue weighted by Crippen LogP contribution is 2.35. The summed E-state index contributed by atoms with van der Waals surface area (Å²) in [6.45, 7) is 1.83. The van der Waals surface area contributed by atoms with Crippen molar-refractivity contribution in [2.45, 2.75) is 29.8 Å². The third-order valence-electron chi connectivity index (χ3n) is 5.62. The highest BCUT2D eigenvalue weighted by Gasteiger charge is 2.43. The van der Waals surface area contributed by atoms with Crippen molar-refractivity contribution < 1.29 is 26.3 Å². The molecule has 1 N–H and O–H groups in total. The Hall–Kier alpha value is -2.88. The summed E-state index contributed by atoms with van der Waals surface area (Å²) < 4.78 is 70.4. The second-order valence-electron chi connectivity index (χ2n) is 8.02. The maximum absolute atomic E-state index is 13.2. The van der Waals surface area contributed by atoms with Crippen molar-refractivity contribution >= 4 is 10.0 Å². The molecule has 174 valence electrons. The van der Waals surface area contributed by atoms with E-state index in [2.05, 4.69) is 14.4 Å². The van der Waals surface area contributed by atoms with E-state index >= 15 is 0 Å². The van der Waals surface area contributed by atoms with Crippen LogP contribution >= 0.6 is 0 Å². The topological polar surface area (TPSA) is 58.6 Å². The highest BCUT2D eigenvalue weighted by atomic mass is 32.2. The Balaban J connectivity index is 1.58. The number of likely N-dealkylation sites (tertiary alicyclic amines) is 1. The van der Waals surface area contributed by atoms with E-state index in [1.165, 1.54) is 0 Å². The number of alkyl halides is 3. The first-order valence-electron chi connectivity index (χ1n) is 10.4. The zero-order valence-electron chi connectivity index (χ0n) is 17.6. The van der Waals surface area contributed by atoms with E-state index in [0.29, 0.717) is 26.1 Å². The maximum Gasteiger partial charge on any atom is 0.573 e. The van der Waals surface area contributed by atoms with Crippen LogP contribution in [0.5, 0.6) is 5.75 Å². The third kappa shape index (κ3) is 5.73. The van der Waals surface area contributed by atoms with Crippen molar-refractivity contribution in [3.63, 3.8) is 0 Å². The summed E-state index contributed by atoms with van der Waals surface area (Å²) in [5, 5.41) is 0. The maximum atomic E-state index is 13.2. The third-order valence-corrected chi connectivity index (χ3v) is 7.17. The molecular weight excluding hydrogens is 453 g/mol. The SMILES string of the molecule is O=S(=O)(N[C@@]1(c2ccccc2)CCN(Cc2ccccc2)C1)c1ccc(OC(F)(F)F)cc1. The molecule has 1 fully saturated rings. The lowest BCUT2D eigenvalue weighted by atomic mass is 9.90. The first kappa shape index (κ1) is 23.3. The van der Waals surface area contributed by atoms with Crippen molar-refractivity contribution in [1.29, 1.82) is 0 Å². The van der Waals surface area contributed by atoms with Gasteiger partial charge in [0.15, 0.2) is 0 Å². The van der Waals surface area contributed by atoms with Crippen molar-refractivity contribution in [3.8, 4) is 5.75 Å². The fourth-order valence-corrected chi connectivity index (χ4v) is 5.55. The van der Waals surface area contributed by atoms with Gasteiger partial charge in [-0.25, -0.2) is 8.42 Å². The van der Waals surface area contributed by atoms with Gasteiger partial charge < -0.3 is 4.74 Å². The number of hydrogen-bond donors (Lipinski definition) is 1. The Labute approximate surface area is 190 Å². The highest BCUT2D eigenvalue weighted by molar-refractivity contribution is 7.89. The predicted octanol–water partition coefficient (Wildman–Crippen LogP) is 4.66. The van der Waals surface area contributed by atoms with Gasteiger partial charge in [-0.1, -0.05) is 60.7 Å². The van der Waals surface area contributed by atoms with Gasteiger partial charge in [-0.15, -0.1) is 13.2 Å². The fraction of sp³-hybridized carbons (Fsp3) is 0.250. The normalized spacial score (nSPS) is 19.5. The summed E-state index contributed by atoms with van der Waals surface area (Å²) >= 11 is 0. The Morgan fingerprint density at radius 2 is 1.52 bits per heavy atom. The lowest BCUT2D eigenvalue weighted by molar-refractivity contribution is -0.274. The van der Waals surface area contributed by atoms with Gasteiger partial charge in [0.2, 0.25) is 10.0 Å². The predicted molar refractivity (Wildman–Crippen MR) is 118 cm³/mol. The standard InChI is InChI=1S/C24H23F3N2O3S/c25-24(26,27)32-21-11-13-22(14-12-21)33(30,31)28-23(20-9-5-2-6-10-20)15-16-29(18-23)17-19-7-3-1-4-8-19/h1-14,28H,15-18H2/t23-/m0/s1. The van der Waals surface area contributed by atoms with Crippen LogP contribution in [0.4, 0.5) is 13.2 Å². The smallest absolute Gasteiger partial charge is 0.406 e. The quantitative estimate of drug-likeness (QED) is 0.539. The summed E-state index contributed by atoms with van der Waals surface area (Å²) in [4.78, 5) is 2.05. The van der Waals surface area contributed by atoms with Crippen LogP contribution in [0.25, 0.3) is 0 Å². The lowest BCUT2D eigenvalue weighted by Gasteiger charge is -2.31. The molecule has 1 heterocycles. The lowest BCUT2D eigenvalue weighted by Crippen LogP contribution is -2.47. The van der Waals surface area contributed by atoms with Gasteiger partial charge in [-0.05, 0) is 41.8 Å². The van der Waals surface area contributed by atoms with Gasteiger partial charge in [-0.2, -0.15) is 4.72 Å². The molecule has 0 aromatic heterocycles. The summed E-state index contributed by atoms with van der Waals surface area (Å²) in [7, 11) is -4.02. The van der Waals surface area contributed by atoms with E-state index < -0.39 is 27.7 Å². The molecule has 9 heteroatoms. The molecule has 1 atom stereocenters. The van der Waals surface area contributed by atoms with E-state index in [9.17, 15) is 21.6 Å². The molecule has 3 aromatic carbocycles. The Morgan fingerprint density at radius 3 is 2.12 bits per heavy atom. The molecule has 0 amide bonds. The molecular formula is C24H23F3N2O3S. The molecule has 0 aliphatic carbocycles. The first-order chi connectivity index (χ1) is 15.7. The number of hydrogen-bond acceptors (Lipinski definition) is 4. The number of nitrogens with one attached hydrogen (secondary N) is 1. The van der Waals surface area contributed by atoms with Crippen LogP contribution in [0.15, 0.2) is 89.8 Å². The second kappa shape index (κ2) is 9.17. The Morgan fingerprint density at radius 1 is 0.909 bits per heavy atom. The average Bonchev–Trinajstić information content (AvgIpc) is 3.17. The first-order valence-corrected chi connectivity index (χ1v) is 11.9. The molecule has 33 heavy (non-hydrogen) atoms. The van der Waals surface area contributed by atoms with Crippen LogP contribution in [-0.2, 0) is 22.1 Å². The molecule has 0 saturated carbocycles. The van der Waals surface area contributed by atoms with Crippen LogP contribution in [0.3, 0.4) is 0 Å². The average molecular weight is 477 g/mol. The Bertz CT molecular complexity index is 1170. The van der Waals surface area contributed by atoms with Gasteiger partial charge >= 0.3 is 6.36 Å². The molecule has 0 unspecified atom stereocenters. The second-order valence-corrected chi connectivity index (χ2v) is 9.70. The van der Waals surface area contributed by atoms with E-state index in [4.69, 9.17) is 0 Å². The van der Waals surface area contributed by atoms with E-state index in [0.717, 1.165) is 35.4 Å². The van der Waals surface area contributed by atoms with Crippen LogP contribution in [0.1, 0.15) is 17.5 Å². The summed E-state index contributed by atoms with van der Waals surface area (Å²) in [5.41, 5.74) is 1.10. The van der Waals surface area contributed by atoms with E-state index in [-0.39, 0.29) is 4.90 Å². The Kier molecular flexibility index (Phi) is 6.47. The molecule has 1 aliphatic rings. The van der Waals surface area contributed by atoms with E-state index in [1.54, 1.807) is 0 Å². The number of benzene rings is 3. The van der Waals surface area contributed by atoms with Gasteiger partial charge in [0.25, 0.3) is 0 Å². The van der Waals surface area contributed by atoms with Gasteiger partial charge in [-0.3, -0.25) is 4.90 Å². The number of halogens is 3. The molecule has 1 saturated heterocycles. The molecule has 0 bridgehead atoms. The molecule has 4 rings (SSSR count). The van der Waals surface area contributed by atoms with Crippen molar-refractivity contribution in [3.05, 3.63) is 96.1 Å². The summed E-state index contributed by atoms with van der Waals surface area (Å²) in [6.07, 6.45) is -4.29. The van der Waals surface area contributed by atoms with Crippen molar-refractivity contribution in [2.24, 2.45) is 0 Å². The van der Waals surface area contributed by atoms with Crippen LogP contribution < -0.4 is 9.46 Å². The minimum atomic E-state index is -4.85. The number of rotatable bonds is 7. The van der Waals surface area contributed by atoms with Crippen molar-refractivity contribution in [1.82, 2.24) is 9.62 Å². The molecule has 0 radical (unpaired) electrons. The minimum absolute atomic E-state index is 0.131. The molecule has 3 aromatic rings. The molecule has 5 nitrogen and oxygen atoms in total. The molecule has 0 spiro atoms. The van der Waals surface area contributed by atoms with Crippen LogP contribution in [0.2, 0.25) is 0 Å². The largest absolute Gasteiger partial charge is 0.573 e. The van der Waals surface area contributed by atoms with Crippen LogP contribution in [0, 0.1) is 0 Å². The van der Waals surface area contributed by atoms with E-state index in [1.807, 2.05) is 60.7 Å². The fourth-order valence-electron chi connectivity index (χ4n) is 4.14. The van der Waals surface area contributed by atoms with Gasteiger partial charge in [0.05, 0.1) is 10.4 Å². The zero-order valence-corrected chi connectivity index (χ0v) is 18.4. The van der Waals surface area contributed by atoms with Crippen LogP contribution in [-0.4, -0.2) is 32.8 Å². The zero-order chi connectivity index (χ0) is 23.5. The number of ether oxygens (including phenoxy) is 1. The monoisotopic (exact) mass is 476 g/mol. The summed E-state index contributed by atoms with van der Waals surface area (Å²) in [5.74, 6) is -0.478. The minimum Gasteiger partial charge on any atom is -0.406 e. The van der Waals surface area contributed by atoms with Crippen molar-refractivity contribution in [2.75, 3.05) is 13.1 Å².